The molecule has 6 rings (SSSR count). The quantitative estimate of drug-likeness (QED) is 0.291. The molecule has 0 aromatic heterocycles. The third-order valence-electron chi connectivity index (χ3n) is 7.54. The minimum atomic E-state index is -2.64. The molecule has 0 heterocycles. The van der Waals surface area contributed by atoms with E-state index in [0.29, 0.717) is 0 Å². The number of hydrogen-bond acceptors (Lipinski definition) is 0. The summed E-state index contributed by atoms with van der Waals surface area (Å²) in [5.74, 6) is 0. The summed E-state index contributed by atoms with van der Waals surface area (Å²) >= 11 is -2.64. The van der Waals surface area contributed by atoms with E-state index in [2.05, 4.69) is 136 Å². The van der Waals surface area contributed by atoms with Crippen LogP contribution in [0.5, 0.6) is 0 Å². The normalized spacial score (nSPS) is 13.1. The first-order chi connectivity index (χ1) is 17.5. The monoisotopic (exact) mass is 612 g/mol. The van der Waals surface area contributed by atoms with E-state index in [9.17, 15) is 0 Å². The Morgan fingerprint density at radius 1 is 0.658 bits per heavy atom. The Balaban J connectivity index is 0.00000168. The topological polar surface area (TPSA) is 0 Å². The fraction of sp³-hybridized carbons (Fsp3) is 0.171. The van der Waals surface area contributed by atoms with Crippen molar-refractivity contribution < 1.29 is 46.1 Å². The van der Waals surface area contributed by atoms with E-state index in [0.717, 1.165) is 12.8 Å². The molecule has 0 saturated carbocycles. The molecule has 0 unspecified atom stereocenters. The number of benzene rings is 4. The number of allylic oxidation sites excluding steroid dienone is 4. The number of hydrogen-bond donors (Lipinski definition) is 0. The van der Waals surface area contributed by atoms with Crippen molar-refractivity contribution in [2.24, 2.45) is 5.41 Å². The van der Waals surface area contributed by atoms with Crippen LogP contribution in [0.1, 0.15) is 49.4 Å². The van der Waals surface area contributed by atoms with E-state index < -0.39 is 21.3 Å². The van der Waals surface area contributed by atoms with Gasteiger partial charge in [0.1, 0.15) is 0 Å². The van der Waals surface area contributed by atoms with E-state index in [4.69, 9.17) is 0 Å². The molecule has 4 aromatic rings. The molecule has 0 N–H and O–H groups in total. The SMILES string of the molecule is CC(C)(C)C1=[C]([Zr+2](=[C](c2ccccc2)c2ccccc2)[c]2cccc3c2Cc2ccccc2-3)CC=C1.[Cl-].[Cl-]. The van der Waals surface area contributed by atoms with Crippen LogP contribution in [0, 0.1) is 5.41 Å². The summed E-state index contributed by atoms with van der Waals surface area (Å²) < 4.78 is 4.98. The van der Waals surface area contributed by atoms with Crippen molar-refractivity contribution in [1.29, 1.82) is 0 Å². The molecule has 0 aliphatic heterocycles. The van der Waals surface area contributed by atoms with E-state index in [-0.39, 0.29) is 30.2 Å². The Morgan fingerprint density at radius 3 is 1.87 bits per heavy atom. The summed E-state index contributed by atoms with van der Waals surface area (Å²) in [7, 11) is 0. The molecule has 0 spiro atoms. The zero-order valence-corrected chi connectivity index (χ0v) is 26.1. The average molecular weight is 615 g/mol. The zero-order valence-electron chi connectivity index (χ0n) is 22.1. The van der Waals surface area contributed by atoms with Crippen molar-refractivity contribution in [2.75, 3.05) is 0 Å². The maximum atomic E-state index is 2.48. The number of halogens is 2. The predicted molar refractivity (Wildman–Crippen MR) is 151 cm³/mol. The Bertz CT molecular complexity index is 1500. The van der Waals surface area contributed by atoms with Crippen LogP contribution in [0.2, 0.25) is 0 Å². The van der Waals surface area contributed by atoms with Crippen LogP contribution in [-0.4, -0.2) is 3.21 Å². The van der Waals surface area contributed by atoms with Crippen LogP contribution in [-0.2, 0) is 27.7 Å². The van der Waals surface area contributed by atoms with Crippen molar-refractivity contribution in [2.45, 2.75) is 33.6 Å². The molecular formula is C35H32Cl2Zr. The van der Waals surface area contributed by atoms with Crippen LogP contribution in [0.15, 0.2) is 124 Å². The molecule has 38 heavy (non-hydrogen) atoms. The second-order valence-corrected chi connectivity index (χ2v) is 16.8. The third-order valence-corrected chi connectivity index (χ3v) is 15.3. The van der Waals surface area contributed by atoms with Crippen LogP contribution in [0.4, 0.5) is 0 Å². The molecule has 2 aliphatic rings. The van der Waals surface area contributed by atoms with Gasteiger partial charge in [0.05, 0.1) is 0 Å². The minimum absolute atomic E-state index is 0. The molecule has 0 fully saturated rings. The first-order valence-corrected chi connectivity index (χ1v) is 16.7. The molecule has 0 nitrogen and oxygen atoms in total. The molecule has 0 bridgehead atoms. The first-order valence-electron chi connectivity index (χ1n) is 13.0. The van der Waals surface area contributed by atoms with E-state index in [1.165, 1.54) is 27.8 Å². The van der Waals surface area contributed by atoms with Gasteiger partial charge in [-0.25, -0.2) is 0 Å². The van der Waals surface area contributed by atoms with E-state index >= 15 is 0 Å². The molecule has 0 radical (unpaired) electrons. The van der Waals surface area contributed by atoms with Gasteiger partial charge in [-0.05, 0) is 0 Å². The Morgan fingerprint density at radius 2 is 1.24 bits per heavy atom. The molecule has 4 aromatic carbocycles. The van der Waals surface area contributed by atoms with Gasteiger partial charge in [-0.15, -0.1) is 0 Å². The van der Waals surface area contributed by atoms with Gasteiger partial charge in [-0.2, -0.15) is 0 Å². The Hall–Kier alpha value is -2.31. The maximum absolute atomic E-state index is 2.64. The molecule has 0 atom stereocenters. The zero-order chi connectivity index (χ0) is 24.7. The summed E-state index contributed by atoms with van der Waals surface area (Å²) in [6.07, 6.45) is 6.98. The average Bonchev–Trinajstić information content (AvgIpc) is 3.54. The standard InChI is InChI=1S/C13H9.C13H10.C9H13.2ClH.Zr/c1-3-7-12-10(5-1)9-11-6-2-4-8-13(11)12;1-3-7-12(8-4-1)11-13-9-5-2-6-10-13;1-9(2,3)8-6-4-5-7-8;;;/h1-5,7-8H,9H2;1-10H;4,6H,5H2,1-3H3;2*1H;/q;;;;;+2/p-2. The van der Waals surface area contributed by atoms with Gasteiger partial charge >= 0.3 is 224 Å². The Kier molecular flexibility index (Phi) is 8.94. The van der Waals surface area contributed by atoms with Gasteiger partial charge in [0, 0.05) is 0 Å². The summed E-state index contributed by atoms with van der Waals surface area (Å²) in [6, 6.07) is 38.6. The molecule has 3 heteroatoms. The molecule has 0 saturated heterocycles. The molecule has 190 valence electrons. The maximum Gasteiger partial charge on any atom is -1.00 e. The fourth-order valence-corrected chi connectivity index (χ4v) is 14.9. The second kappa shape index (κ2) is 11.8. The van der Waals surface area contributed by atoms with Gasteiger partial charge in [0.15, 0.2) is 0 Å². The summed E-state index contributed by atoms with van der Waals surface area (Å²) in [5, 5.41) is 0. The summed E-state index contributed by atoms with van der Waals surface area (Å²) in [5.41, 5.74) is 10.4. The van der Waals surface area contributed by atoms with Crippen molar-refractivity contribution >= 4 is 6.48 Å². The van der Waals surface area contributed by atoms with Crippen LogP contribution in [0.3, 0.4) is 0 Å². The molecular weight excluding hydrogens is 583 g/mol. The summed E-state index contributed by atoms with van der Waals surface area (Å²) in [4.78, 5) is 0. The van der Waals surface area contributed by atoms with Crippen molar-refractivity contribution in [3.63, 3.8) is 0 Å². The van der Waals surface area contributed by atoms with Crippen molar-refractivity contribution in [3.05, 3.63) is 146 Å². The Labute approximate surface area is 247 Å². The molecule has 2 aliphatic carbocycles. The second-order valence-electron chi connectivity index (χ2n) is 10.9. The number of rotatable bonds is 4. The van der Waals surface area contributed by atoms with Crippen LogP contribution in [0.25, 0.3) is 11.1 Å². The van der Waals surface area contributed by atoms with Crippen molar-refractivity contribution in [1.82, 2.24) is 0 Å². The molecule has 0 amide bonds. The predicted octanol–water partition coefficient (Wildman–Crippen LogP) is 2.04. The van der Waals surface area contributed by atoms with Crippen LogP contribution < -0.4 is 28.1 Å². The van der Waals surface area contributed by atoms with E-state index in [1.807, 2.05) is 0 Å². The first kappa shape index (κ1) is 28.7. The van der Waals surface area contributed by atoms with Crippen LogP contribution >= 0.6 is 0 Å². The largest absolute Gasteiger partial charge is 1.00 e. The van der Waals surface area contributed by atoms with Gasteiger partial charge in [-0.1, -0.05) is 0 Å². The number of fused-ring (bicyclic) bond motifs is 3. The fourth-order valence-electron chi connectivity index (χ4n) is 5.95. The third kappa shape index (κ3) is 5.27. The summed E-state index contributed by atoms with van der Waals surface area (Å²) in [6.45, 7) is 7.15. The minimum Gasteiger partial charge on any atom is -1.00 e. The van der Waals surface area contributed by atoms with Gasteiger partial charge < -0.3 is 24.8 Å². The van der Waals surface area contributed by atoms with Gasteiger partial charge in [-0.3, -0.25) is 0 Å². The van der Waals surface area contributed by atoms with Gasteiger partial charge in [0.25, 0.3) is 0 Å². The van der Waals surface area contributed by atoms with E-state index in [1.54, 1.807) is 20.9 Å². The smallest absolute Gasteiger partial charge is 1.00 e. The van der Waals surface area contributed by atoms with Gasteiger partial charge in [0.2, 0.25) is 0 Å². The van der Waals surface area contributed by atoms with Crippen molar-refractivity contribution in [3.8, 4) is 11.1 Å².